The number of nitrogens with zero attached hydrogens (tertiary/aromatic N) is 2. The molecule has 1 aliphatic heterocycles. The fourth-order valence-electron chi connectivity index (χ4n) is 4.28. The van der Waals surface area contributed by atoms with Gasteiger partial charge in [-0.2, -0.15) is 0 Å². The molecule has 1 aliphatic rings. The lowest BCUT2D eigenvalue weighted by Crippen LogP contribution is -2.40. The molecule has 1 atom stereocenters. The van der Waals surface area contributed by atoms with E-state index in [0.29, 0.717) is 59.3 Å². The highest BCUT2D eigenvalue weighted by molar-refractivity contribution is 9.10. The number of carbonyl (C=O) groups is 1. The summed E-state index contributed by atoms with van der Waals surface area (Å²) in [6, 6.07) is 10.1. The minimum absolute atomic E-state index is 0.110. The molecule has 0 N–H and O–H groups in total. The molecule has 1 aromatic heterocycles. The molecule has 0 saturated heterocycles. The minimum atomic E-state index is -0.778. The van der Waals surface area contributed by atoms with Crippen LogP contribution in [0.25, 0.3) is 6.08 Å². The summed E-state index contributed by atoms with van der Waals surface area (Å²) in [6.45, 7) is 9.87. The maximum atomic E-state index is 14.0. The van der Waals surface area contributed by atoms with E-state index in [9.17, 15) is 9.59 Å². The number of hydrogen-bond acceptors (Lipinski definition) is 7. The molecule has 0 saturated carbocycles. The van der Waals surface area contributed by atoms with Gasteiger partial charge in [-0.15, -0.1) is 0 Å². The number of thiazole rings is 1. The first-order valence-corrected chi connectivity index (χ1v) is 14.2. The number of hydrogen-bond donors (Lipinski definition) is 0. The maximum Gasteiger partial charge on any atom is 0.338 e. The molecule has 0 radical (unpaired) electrons. The van der Waals surface area contributed by atoms with Crippen LogP contribution in [0, 0.1) is 0 Å². The van der Waals surface area contributed by atoms with Gasteiger partial charge in [0.05, 0.1) is 39.6 Å². The van der Waals surface area contributed by atoms with Crippen molar-refractivity contribution < 1.29 is 19.0 Å². The Hall–Kier alpha value is -2.88. The molecule has 10 heteroatoms. The van der Waals surface area contributed by atoms with Gasteiger partial charge in [-0.25, -0.2) is 9.79 Å². The fraction of sp³-hybridized carbons (Fsp3) is 0.321. The van der Waals surface area contributed by atoms with Gasteiger partial charge in [0, 0.05) is 16.1 Å². The normalized spacial score (nSPS) is 15.4. The summed E-state index contributed by atoms with van der Waals surface area (Å²) in [5.41, 5.74) is 1.81. The van der Waals surface area contributed by atoms with Crippen molar-refractivity contribution in [3.05, 3.63) is 88.0 Å². The lowest BCUT2D eigenvalue weighted by atomic mass is 9.95. The van der Waals surface area contributed by atoms with Gasteiger partial charge in [-0.3, -0.25) is 9.36 Å². The van der Waals surface area contributed by atoms with Crippen molar-refractivity contribution in [2.45, 2.75) is 46.8 Å². The highest BCUT2D eigenvalue weighted by atomic mass is 79.9. The molecule has 3 aromatic rings. The molecular weight excluding hydrogens is 592 g/mol. The lowest BCUT2D eigenvalue weighted by Gasteiger charge is -2.26. The van der Waals surface area contributed by atoms with Crippen LogP contribution < -0.4 is 24.4 Å². The van der Waals surface area contributed by atoms with Gasteiger partial charge < -0.3 is 14.2 Å². The molecule has 0 spiro atoms. The number of esters is 1. The topological polar surface area (TPSA) is 79.1 Å². The van der Waals surface area contributed by atoms with Gasteiger partial charge >= 0.3 is 5.97 Å². The van der Waals surface area contributed by atoms with Crippen molar-refractivity contribution in [3.8, 4) is 11.5 Å². The summed E-state index contributed by atoms with van der Waals surface area (Å²) in [7, 11) is 0. The number of para-hydroxylation sites is 1. The van der Waals surface area contributed by atoms with Gasteiger partial charge in [-0.1, -0.05) is 41.1 Å². The number of fused-ring (bicyclic) bond motifs is 1. The van der Waals surface area contributed by atoms with Crippen LogP contribution in [0.5, 0.6) is 11.5 Å². The molecule has 7 nitrogen and oxygen atoms in total. The molecule has 0 bridgehead atoms. The van der Waals surface area contributed by atoms with Crippen LogP contribution in [0.3, 0.4) is 0 Å². The number of rotatable bonds is 8. The second kappa shape index (κ2) is 11.9. The zero-order valence-corrected chi connectivity index (χ0v) is 24.9. The molecule has 0 aliphatic carbocycles. The van der Waals surface area contributed by atoms with Gasteiger partial charge in [0.25, 0.3) is 5.56 Å². The standard InChI is InChI=1S/C28H28BrClN2O5S/c1-6-35-25-17(12-18(30)14-20(25)29)13-22-26(33)32-24(19-10-8-9-11-21(19)37-15(3)4)23(27(34)36-7-2)16(5)31-28(32)38-22/h8-15,24H,6-7H2,1-5H3/b22-13-/t24-/m0/s1. The van der Waals surface area contributed by atoms with Gasteiger partial charge in [0.15, 0.2) is 4.80 Å². The van der Waals surface area contributed by atoms with Crippen molar-refractivity contribution in [2.75, 3.05) is 13.2 Å². The van der Waals surface area contributed by atoms with Crippen LogP contribution >= 0.6 is 38.9 Å². The Kier molecular flexibility index (Phi) is 8.80. The van der Waals surface area contributed by atoms with Crippen molar-refractivity contribution >= 4 is 50.9 Å². The van der Waals surface area contributed by atoms with E-state index >= 15 is 0 Å². The Morgan fingerprint density at radius 3 is 2.66 bits per heavy atom. The van der Waals surface area contributed by atoms with E-state index in [4.69, 9.17) is 25.8 Å². The second-order valence-corrected chi connectivity index (χ2v) is 11.0. The number of ether oxygens (including phenoxy) is 3. The Bertz CT molecular complexity index is 1590. The summed E-state index contributed by atoms with van der Waals surface area (Å²) in [5, 5.41) is 0.498. The first-order valence-electron chi connectivity index (χ1n) is 12.2. The third-order valence-electron chi connectivity index (χ3n) is 5.71. The predicted molar refractivity (Wildman–Crippen MR) is 153 cm³/mol. The number of benzene rings is 2. The molecule has 4 rings (SSSR count). The fourth-order valence-corrected chi connectivity index (χ4v) is 6.26. The maximum absolute atomic E-state index is 14.0. The van der Waals surface area contributed by atoms with Crippen LogP contribution in [-0.2, 0) is 9.53 Å². The van der Waals surface area contributed by atoms with Gasteiger partial charge in [0.1, 0.15) is 17.5 Å². The van der Waals surface area contributed by atoms with E-state index in [0.717, 1.165) is 0 Å². The highest BCUT2D eigenvalue weighted by Crippen LogP contribution is 2.36. The SMILES string of the molecule is CCOC(=O)C1=C(C)N=c2s/c(=C\c3cc(Cl)cc(Br)c3OCC)c(=O)n2[C@H]1c1ccccc1OC(C)C. The smallest absolute Gasteiger partial charge is 0.338 e. The third kappa shape index (κ3) is 5.60. The molecule has 0 amide bonds. The average molecular weight is 620 g/mol. The first-order chi connectivity index (χ1) is 18.2. The Balaban J connectivity index is 2.01. The van der Waals surface area contributed by atoms with Crippen molar-refractivity contribution in [1.82, 2.24) is 4.57 Å². The van der Waals surface area contributed by atoms with Crippen LogP contribution in [0.1, 0.15) is 51.8 Å². The second-order valence-electron chi connectivity index (χ2n) is 8.75. The Labute approximate surface area is 238 Å². The van der Waals surface area contributed by atoms with E-state index in [1.807, 2.05) is 45.0 Å². The summed E-state index contributed by atoms with van der Waals surface area (Å²) >= 11 is 11.1. The van der Waals surface area contributed by atoms with Gasteiger partial charge in [0.2, 0.25) is 0 Å². The van der Waals surface area contributed by atoms with Crippen molar-refractivity contribution in [3.63, 3.8) is 0 Å². The zero-order valence-electron chi connectivity index (χ0n) is 21.7. The summed E-state index contributed by atoms with van der Waals surface area (Å²) in [6.07, 6.45) is 1.63. The largest absolute Gasteiger partial charge is 0.492 e. The van der Waals surface area contributed by atoms with Crippen LogP contribution in [0.15, 0.2) is 61.9 Å². The monoisotopic (exact) mass is 618 g/mol. The molecule has 2 heterocycles. The van der Waals surface area contributed by atoms with E-state index < -0.39 is 12.0 Å². The quantitative estimate of drug-likeness (QED) is 0.316. The van der Waals surface area contributed by atoms with E-state index in [-0.39, 0.29) is 18.3 Å². The van der Waals surface area contributed by atoms with Crippen molar-refractivity contribution in [2.24, 2.45) is 4.99 Å². The van der Waals surface area contributed by atoms with Crippen LogP contribution in [0.2, 0.25) is 5.02 Å². The molecule has 2 aromatic carbocycles. The summed E-state index contributed by atoms with van der Waals surface area (Å²) in [4.78, 5) is 32.3. The minimum Gasteiger partial charge on any atom is -0.492 e. The summed E-state index contributed by atoms with van der Waals surface area (Å²) in [5.74, 6) is 0.638. The predicted octanol–water partition coefficient (Wildman–Crippen LogP) is 5.40. The third-order valence-corrected chi connectivity index (χ3v) is 7.50. The molecule has 0 unspecified atom stereocenters. The zero-order chi connectivity index (χ0) is 27.6. The van der Waals surface area contributed by atoms with Crippen LogP contribution in [-0.4, -0.2) is 29.9 Å². The molecule has 200 valence electrons. The Morgan fingerprint density at radius 1 is 1.24 bits per heavy atom. The average Bonchev–Trinajstić information content (AvgIpc) is 3.15. The Morgan fingerprint density at radius 2 is 1.97 bits per heavy atom. The lowest BCUT2D eigenvalue weighted by molar-refractivity contribution is -0.139. The molecular formula is C28H28BrClN2O5S. The highest BCUT2D eigenvalue weighted by Gasteiger charge is 2.35. The number of halogens is 2. The van der Waals surface area contributed by atoms with Crippen LogP contribution in [0.4, 0.5) is 0 Å². The van der Waals surface area contributed by atoms with E-state index in [2.05, 4.69) is 20.9 Å². The summed E-state index contributed by atoms with van der Waals surface area (Å²) < 4.78 is 20.0. The number of aromatic nitrogens is 1. The number of carbonyl (C=O) groups excluding carboxylic acids is 1. The van der Waals surface area contributed by atoms with Crippen molar-refractivity contribution in [1.29, 1.82) is 0 Å². The molecule has 38 heavy (non-hydrogen) atoms. The van der Waals surface area contributed by atoms with Gasteiger partial charge in [-0.05, 0) is 74.8 Å². The molecule has 0 fully saturated rings. The number of allylic oxidation sites excluding steroid dienone is 1. The van der Waals surface area contributed by atoms with E-state index in [1.165, 1.54) is 15.9 Å². The first kappa shape index (κ1) is 28.1. The van der Waals surface area contributed by atoms with E-state index in [1.54, 1.807) is 32.1 Å².